The summed E-state index contributed by atoms with van der Waals surface area (Å²) in [4.78, 5) is 3.91. The maximum atomic E-state index is 13.0. The minimum absolute atomic E-state index is 0.0382. The molecule has 1 heterocycles. The third-order valence-corrected chi connectivity index (χ3v) is 3.15. The monoisotopic (exact) mass is 346 g/mol. The summed E-state index contributed by atoms with van der Waals surface area (Å²) in [6.07, 6.45) is -1.85. The standard InChI is InChI=1S/C12H10BrF3N4/c1-7-6-20(11(17)19-7)18-5-8-3-2-4-9(13)10(8)12(14,15)16/h2-6H,1H3,(H2,17,19). The molecule has 0 unspecified atom stereocenters. The molecule has 0 aliphatic carbocycles. The van der Waals surface area contributed by atoms with E-state index in [1.54, 1.807) is 6.92 Å². The van der Waals surface area contributed by atoms with Crippen LogP contribution in [-0.2, 0) is 6.18 Å². The second-order valence-corrected chi connectivity index (χ2v) is 4.89. The van der Waals surface area contributed by atoms with Crippen LogP contribution in [0.3, 0.4) is 0 Å². The number of imidazole rings is 1. The summed E-state index contributed by atoms with van der Waals surface area (Å²) in [5, 5.41) is 3.90. The van der Waals surface area contributed by atoms with Crippen LogP contribution in [0.15, 0.2) is 34.0 Å². The molecule has 8 heteroatoms. The maximum absolute atomic E-state index is 13.0. The summed E-state index contributed by atoms with van der Waals surface area (Å²) in [5.41, 5.74) is 5.36. The molecule has 0 spiro atoms. The summed E-state index contributed by atoms with van der Waals surface area (Å²) in [6, 6.07) is 4.16. The van der Waals surface area contributed by atoms with Gasteiger partial charge < -0.3 is 5.73 Å². The van der Waals surface area contributed by atoms with Crippen molar-refractivity contribution in [3.63, 3.8) is 0 Å². The predicted octanol–water partition coefficient (Wildman–Crippen LogP) is 3.44. The Kier molecular flexibility index (Phi) is 3.85. The van der Waals surface area contributed by atoms with E-state index in [4.69, 9.17) is 5.73 Å². The Morgan fingerprint density at radius 3 is 2.65 bits per heavy atom. The number of anilines is 1. The fourth-order valence-corrected chi connectivity index (χ4v) is 2.27. The number of nitrogen functional groups attached to an aromatic ring is 1. The first-order chi connectivity index (χ1) is 9.29. The number of nitrogens with zero attached hydrogens (tertiary/aromatic N) is 3. The highest BCUT2D eigenvalue weighted by Crippen LogP contribution is 2.36. The van der Waals surface area contributed by atoms with Gasteiger partial charge in [0.25, 0.3) is 0 Å². The molecule has 2 rings (SSSR count). The van der Waals surface area contributed by atoms with E-state index in [0.717, 1.165) is 6.21 Å². The quantitative estimate of drug-likeness (QED) is 0.847. The molecule has 1 aromatic carbocycles. The van der Waals surface area contributed by atoms with Gasteiger partial charge >= 0.3 is 6.18 Å². The van der Waals surface area contributed by atoms with Crippen LogP contribution >= 0.6 is 15.9 Å². The van der Waals surface area contributed by atoms with Gasteiger partial charge in [0.15, 0.2) is 0 Å². The van der Waals surface area contributed by atoms with Crippen LogP contribution in [0.1, 0.15) is 16.8 Å². The van der Waals surface area contributed by atoms with E-state index < -0.39 is 11.7 Å². The topological polar surface area (TPSA) is 56.2 Å². The zero-order valence-corrected chi connectivity index (χ0v) is 11.9. The second-order valence-electron chi connectivity index (χ2n) is 4.03. The van der Waals surface area contributed by atoms with E-state index in [0.29, 0.717) is 5.69 Å². The molecule has 0 radical (unpaired) electrons. The summed E-state index contributed by atoms with van der Waals surface area (Å²) in [5.74, 6) is 0.113. The lowest BCUT2D eigenvalue weighted by molar-refractivity contribution is -0.138. The van der Waals surface area contributed by atoms with Gasteiger partial charge in [-0.15, -0.1) is 0 Å². The first-order valence-electron chi connectivity index (χ1n) is 5.50. The van der Waals surface area contributed by atoms with Gasteiger partial charge in [0.2, 0.25) is 5.95 Å². The first-order valence-corrected chi connectivity index (χ1v) is 6.30. The van der Waals surface area contributed by atoms with Gasteiger partial charge in [-0.25, -0.2) is 9.66 Å². The number of aryl methyl sites for hydroxylation is 1. The number of alkyl halides is 3. The highest BCUT2D eigenvalue weighted by molar-refractivity contribution is 9.10. The highest BCUT2D eigenvalue weighted by Gasteiger charge is 2.35. The van der Waals surface area contributed by atoms with Gasteiger partial charge in [-0.05, 0) is 13.0 Å². The van der Waals surface area contributed by atoms with E-state index >= 15 is 0 Å². The number of hydrogen-bond acceptors (Lipinski definition) is 3. The van der Waals surface area contributed by atoms with E-state index in [9.17, 15) is 13.2 Å². The van der Waals surface area contributed by atoms with Gasteiger partial charge in [-0.2, -0.15) is 18.3 Å². The largest absolute Gasteiger partial charge is 0.418 e. The normalized spacial score (nSPS) is 12.2. The second kappa shape index (κ2) is 5.28. The molecule has 106 valence electrons. The van der Waals surface area contributed by atoms with Gasteiger partial charge in [0, 0.05) is 10.0 Å². The van der Waals surface area contributed by atoms with Crippen molar-refractivity contribution in [2.75, 3.05) is 5.73 Å². The van der Waals surface area contributed by atoms with Crippen molar-refractivity contribution in [3.05, 3.63) is 45.7 Å². The highest BCUT2D eigenvalue weighted by atomic mass is 79.9. The lowest BCUT2D eigenvalue weighted by atomic mass is 10.1. The third-order valence-electron chi connectivity index (χ3n) is 2.49. The third kappa shape index (κ3) is 3.01. The van der Waals surface area contributed by atoms with Crippen molar-refractivity contribution >= 4 is 28.1 Å². The Balaban J connectivity index is 2.44. The molecule has 0 aliphatic rings. The van der Waals surface area contributed by atoms with E-state index in [-0.39, 0.29) is 16.0 Å². The Morgan fingerprint density at radius 1 is 1.40 bits per heavy atom. The molecular weight excluding hydrogens is 337 g/mol. The summed E-state index contributed by atoms with van der Waals surface area (Å²) >= 11 is 2.90. The van der Waals surface area contributed by atoms with Gasteiger partial charge in [0.05, 0.1) is 23.7 Å². The summed E-state index contributed by atoms with van der Waals surface area (Å²) in [6.45, 7) is 1.71. The first kappa shape index (κ1) is 14.6. The van der Waals surface area contributed by atoms with Crippen molar-refractivity contribution in [3.8, 4) is 0 Å². The van der Waals surface area contributed by atoms with Crippen LogP contribution in [0, 0.1) is 6.92 Å². The van der Waals surface area contributed by atoms with Crippen LogP contribution < -0.4 is 5.73 Å². The average Bonchev–Trinajstić information content (AvgIpc) is 2.63. The van der Waals surface area contributed by atoms with E-state index in [2.05, 4.69) is 26.0 Å². The zero-order valence-electron chi connectivity index (χ0n) is 10.3. The van der Waals surface area contributed by atoms with Crippen molar-refractivity contribution in [1.82, 2.24) is 9.66 Å². The summed E-state index contributed by atoms with van der Waals surface area (Å²) in [7, 11) is 0. The molecule has 1 aromatic heterocycles. The van der Waals surface area contributed by atoms with Crippen LogP contribution in [-0.4, -0.2) is 15.9 Å². The molecule has 0 bridgehead atoms. The molecule has 2 N–H and O–H groups in total. The van der Waals surface area contributed by atoms with Gasteiger partial charge in [0.1, 0.15) is 0 Å². The number of hydrogen-bond donors (Lipinski definition) is 1. The molecule has 4 nitrogen and oxygen atoms in total. The fourth-order valence-electron chi connectivity index (χ4n) is 1.67. The van der Waals surface area contributed by atoms with Crippen molar-refractivity contribution in [2.45, 2.75) is 13.1 Å². The minimum Gasteiger partial charge on any atom is -0.368 e. The molecular formula is C12H10BrF3N4. The number of rotatable bonds is 2. The SMILES string of the molecule is Cc1cn(N=Cc2cccc(Br)c2C(F)(F)F)c(N)n1. The smallest absolute Gasteiger partial charge is 0.368 e. The molecule has 0 saturated heterocycles. The molecule has 0 aliphatic heterocycles. The van der Waals surface area contributed by atoms with Crippen molar-refractivity contribution < 1.29 is 13.2 Å². The van der Waals surface area contributed by atoms with Crippen LogP contribution in [0.5, 0.6) is 0 Å². The predicted molar refractivity (Wildman–Crippen MR) is 73.5 cm³/mol. The van der Waals surface area contributed by atoms with E-state index in [1.165, 1.54) is 29.1 Å². The van der Waals surface area contributed by atoms with E-state index in [1.807, 2.05) is 0 Å². The molecule has 0 saturated carbocycles. The Bertz CT molecular complexity index is 661. The number of benzene rings is 1. The maximum Gasteiger partial charge on any atom is 0.418 e. The molecule has 0 amide bonds. The lowest BCUT2D eigenvalue weighted by Crippen LogP contribution is -2.10. The fraction of sp³-hybridized carbons (Fsp3) is 0.167. The zero-order chi connectivity index (χ0) is 14.9. The van der Waals surface area contributed by atoms with Crippen molar-refractivity contribution in [2.24, 2.45) is 5.10 Å². The molecule has 0 fully saturated rings. The number of nitrogens with two attached hydrogens (primary N) is 1. The van der Waals surface area contributed by atoms with Gasteiger partial charge in [-0.1, -0.05) is 28.1 Å². The van der Waals surface area contributed by atoms with Gasteiger partial charge in [-0.3, -0.25) is 0 Å². The number of halogens is 4. The summed E-state index contributed by atoms with van der Waals surface area (Å²) < 4.78 is 40.1. The lowest BCUT2D eigenvalue weighted by Gasteiger charge is -2.11. The minimum atomic E-state index is -4.47. The van der Waals surface area contributed by atoms with Crippen LogP contribution in [0.2, 0.25) is 0 Å². The Morgan fingerprint density at radius 2 is 2.10 bits per heavy atom. The van der Waals surface area contributed by atoms with Crippen LogP contribution in [0.4, 0.5) is 19.1 Å². The van der Waals surface area contributed by atoms with Crippen molar-refractivity contribution in [1.29, 1.82) is 0 Å². The van der Waals surface area contributed by atoms with Crippen LogP contribution in [0.25, 0.3) is 0 Å². The molecule has 0 atom stereocenters. The molecule has 2 aromatic rings. The average molecular weight is 347 g/mol. The Labute approximate surface area is 121 Å². The number of aromatic nitrogens is 2. The Hall–Kier alpha value is -1.83. The molecule has 20 heavy (non-hydrogen) atoms.